The number of carbonyl (C=O) groups is 2. The highest BCUT2D eigenvalue weighted by Crippen LogP contribution is 2.44. The highest BCUT2D eigenvalue weighted by molar-refractivity contribution is 6.51. The van der Waals surface area contributed by atoms with Gasteiger partial charge in [0, 0.05) is 11.3 Å². The molecule has 1 heterocycles. The van der Waals surface area contributed by atoms with E-state index in [1.54, 1.807) is 30.3 Å². The first-order valence-corrected chi connectivity index (χ1v) is 11.7. The summed E-state index contributed by atoms with van der Waals surface area (Å²) in [5.74, 6) is -1.46. The van der Waals surface area contributed by atoms with Crippen LogP contribution in [0.1, 0.15) is 41.6 Å². The lowest BCUT2D eigenvalue weighted by Crippen LogP contribution is -2.29. The summed E-state index contributed by atoms with van der Waals surface area (Å²) in [5.41, 5.74) is 3.13. The third-order valence-corrected chi connectivity index (χ3v) is 6.10. The normalized spacial score (nSPS) is 17.1. The van der Waals surface area contributed by atoms with E-state index in [2.05, 4.69) is 0 Å². The third-order valence-electron chi connectivity index (χ3n) is 5.80. The summed E-state index contributed by atoms with van der Waals surface area (Å²) in [5, 5.41) is 21.3. The lowest BCUT2D eigenvalue weighted by atomic mass is 9.94. The van der Waals surface area contributed by atoms with E-state index in [1.165, 1.54) is 17.0 Å². The Balaban J connectivity index is 1.93. The topological polar surface area (TPSA) is 87.1 Å². The van der Waals surface area contributed by atoms with Gasteiger partial charge in [0.05, 0.1) is 23.2 Å². The second-order valence-electron chi connectivity index (χ2n) is 8.60. The minimum atomic E-state index is -0.950. The first-order chi connectivity index (χ1) is 16.7. The quantitative estimate of drug-likeness (QED) is 0.248. The number of aliphatic hydroxyl groups is 1. The summed E-state index contributed by atoms with van der Waals surface area (Å²) < 4.78 is 5.67. The van der Waals surface area contributed by atoms with Gasteiger partial charge in [0.1, 0.15) is 17.3 Å². The van der Waals surface area contributed by atoms with Crippen molar-refractivity contribution in [2.24, 2.45) is 0 Å². The molecule has 0 saturated carbocycles. The van der Waals surface area contributed by atoms with Gasteiger partial charge in [0.2, 0.25) is 0 Å². The fourth-order valence-electron chi connectivity index (χ4n) is 4.31. The Bertz CT molecular complexity index is 1330. The number of aliphatic hydroxyl groups excluding tert-OH is 1. The standard InChI is InChI=1S/C28H26ClNO5/c1-4-10-35-21-7-5-6-19(14-21)26(32)24-25(18-8-9-23(31)22(29)15-18)30(28(34)27(24)33)20-12-16(2)11-17(3)13-20/h5-9,11-15,25,31-32H,4,10H2,1-3H3/b26-24-. The van der Waals surface area contributed by atoms with Gasteiger partial charge in [0.15, 0.2) is 0 Å². The Morgan fingerprint density at radius 3 is 2.40 bits per heavy atom. The van der Waals surface area contributed by atoms with Crippen LogP contribution in [0, 0.1) is 13.8 Å². The Morgan fingerprint density at radius 1 is 1.03 bits per heavy atom. The Kier molecular flexibility index (Phi) is 6.85. The van der Waals surface area contributed by atoms with Gasteiger partial charge in [-0.25, -0.2) is 0 Å². The molecule has 0 bridgehead atoms. The molecule has 1 saturated heterocycles. The van der Waals surface area contributed by atoms with Crippen LogP contribution in [0.5, 0.6) is 11.5 Å². The summed E-state index contributed by atoms with van der Waals surface area (Å²) in [7, 11) is 0. The van der Waals surface area contributed by atoms with Crippen LogP contribution in [-0.4, -0.2) is 28.5 Å². The van der Waals surface area contributed by atoms with Gasteiger partial charge < -0.3 is 14.9 Å². The molecule has 35 heavy (non-hydrogen) atoms. The molecular weight excluding hydrogens is 466 g/mol. The summed E-state index contributed by atoms with van der Waals surface area (Å²) in [6, 6.07) is 15.9. The number of halogens is 1. The Labute approximate surface area is 209 Å². The van der Waals surface area contributed by atoms with Crippen LogP contribution < -0.4 is 9.64 Å². The number of hydrogen-bond donors (Lipinski definition) is 2. The number of ether oxygens (including phenoxy) is 1. The summed E-state index contributed by atoms with van der Waals surface area (Å²) in [6.07, 6.45) is 0.818. The van der Waals surface area contributed by atoms with Crippen molar-refractivity contribution in [2.75, 3.05) is 11.5 Å². The molecule has 1 amide bonds. The second-order valence-corrected chi connectivity index (χ2v) is 9.01. The molecular formula is C28H26ClNO5. The average Bonchev–Trinajstić information content (AvgIpc) is 3.09. The van der Waals surface area contributed by atoms with E-state index in [0.29, 0.717) is 29.2 Å². The number of Topliss-reactive ketones (excluding diaryl/α,β-unsaturated/α-hetero) is 1. The number of benzene rings is 3. The number of anilines is 1. The van der Waals surface area contributed by atoms with Crippen molar-refractivity contribution in [3.05, 3.63) is 93.5 Å². The largest absolute Gasteiger partial charge is 0.507 e. The van der Waals surface area contributed by atoms with Crippen molar-refractivity contribution < 1.29 is 24.5 Å². The fraction of sp³-hybridized carbons (Fsp3) is 0.214. The van der Waals surface area contributed by atoms with Crippen molar-refractivity contribution in [3.8, 4) is 11.5 Å². The number of amides is 1. The van der Waals surface area contributed by atoms with E-state index in [9.17, 15) is 19.8 Å². The van der Waals surface area contributed by atoms with Crippen molar-refractivity contribution in [3.63, 3.8) is 0 Å². The van der Waals surface area contributed by atoms with Crippen molar-refractivity contribution in [1.29, 1.82) is 0 Å². The van der Waals surface area contributed by atoms with E-state index in [4.69, 9.17) is 16.3 Å². The van der Waals surface area contributed by atoms with Crippen LogP contribution in [-0.2, 0) is 9.59 Å². The number of ketones is 1. The van der Waals surface area contributed by atoms with Crippen LogP contribution in [0.2, 0.25) is 5.02 Å². The number of carbonyl (C=O) groups excluding carboxylic acids is 2. The van der Waals surface area contributed by atoms with Gasteiger partial charge in [0.25, 0.3) is 11.7 Å². The lowest BCUT2D eigenvalue weighted by Gasteiger charge is -2.26. The molecule has 1 fully saturated rings. The smallest absolute Gasteiger partial charge is 0.300 e. The van der Waals surface area contributed by atoms with E-state index in [1.807, 2.05) is 39.0 Å². The van der Waals surface area contributed by atoms with Crippen LogP contribution in [0.15, 0.2) is 66.2 Å². The molecule has 3 aromatic carbocycles. The van der Waals surface area contributed by atoms with Gasteiger partial charge in [-0.1, -0.05) is 42.8 Å². The van der Waals surface area contributed by atoms with Crippen LogP contribution in [0.3, 0.4) is 0 Å². The number of nitrogens with zero attached hydrogens (tertiary/aromatic N) is 1. The molecule has 0 spiro atoms. The molecule has 1 aliphatic rings. The highest BCUT2D eigenvalue weighted by Gasteiger charge is 2.47. The van der Waals surface area contributed by atoms with Gasteiger partial charge in [-0.3, -0.25) is 14.5 Å². The maximum atomic E-state index is 13.3. The minimum Gasteiger partial charge on any atom is -0.507 e. The number of phenolic OH excluding ortho intramolecular Hbond substituents is 1. The third kappa shape index (κ3) is 4.75. The number of hydrogen-bond acceptors (Lipinski definition) is 5. The van der Waals surface area contributed by atoms with E-state index < -0.39 is 17.7 Å². The lowest BCUT2D eigenvalue weighted by molar-refractivity contribution is -0.132. The number of aryl methyl sites for hydroxylation is 2. The molecule has 180 valence electrons. The molecule has 7 heteroatoms. The molecule has 0 aromatic heterocycles. The Morgan fingerprint density at radius 2 is 1.74 bits per heavy atom. The molecule has 0 radical (unpaired) electrons. The van der Waals surface area contributed by atoms with Crippen molar-refractivity contribution >= 4 is 34.7 Å². The number of rotatable bonds is 6. The van der Waals surface area contributed by atoms with Gasteiger partial charge in [-0.15, -0.1) is 0 Å². The number of phenols is 1. The van der Waals surface area contributed by atoms with E-state index >= 15 is 0 Å². The van der Waals surface area contributed by atoms with Crippen LogP contribution in [0.4, 0.5) is 5.69 Å². The van der Waals surface area contributed by atoms with Crippen LogP contribution in [0.25, 0.3) is 5.76 Å². The molecule has 3 aromatic rings. The highest BCUT2D eigenvalue weighted by atomic mass is 35.5. The molecule has 0 aliphatic carbocycles. The maximum Gasteiger partial charge on any atom is 0.300 e. The first kappa shape index (κ1) is 24.4. The predicted octanol–water partition coefficient (Wildman–Crippen LogP) is 6.08. The van der Waals surface area contributed by atoms with Crippen LogP contribution >= 0.6 is 11.6 Å². The number of aromatic hydroxyl groups is 1. The average molecular weight is 492 g/mol. The summed E-state index contributed by atoms with van der Waals surface area (Å²) >= 11 is 6.19. The molecule has 6 nitrogen and oxygen atoms in total. The van der Waals surface area contributed by atoms with Gasteiger partial charge in [-0.2, -0.15) is 0 Å². The minimum absolute atomic E-state index is 0.0662. The SMILES string of the molecule is CCCOc1cccc(/C(O)=C2/C(=O)C(=O)N(c3cc(C)cc(C)c3)C2c2ccc(O)c(Cl)c2)c1. The van der Waals surface area contributed by atoms with E-state index in [0.717, 1.165) is 17.5 Å². The zero-order valence-corrected chi connectivity index (χ0v) is 20.5. The first-order valence-electron chi connectivity index (χ1n) is 11.3. The molecule has 1 unspecified atom stereocenters. The van der Waals surface area contributed by atoms with E-state index in [-0.39, 0.29) is 22.1 Å². The van der Waals surface area contributed by atoms with Crippen molar-refractivity contribution in [1.82, 2.24) is 0 Å². The molecule has 1 atom stereocenters. The molecule has 1 aliphatic heterocycles. The van der Waals surface area contributed by atoms with Gasteiger partial charge in [-0.05, 0) is 73.4 Å². The Hall–Kier alpha value is -3.77. The predicted molar refractivity (Wildman–Crippen MR) is 136 cm³/mol. The molecule has 2 N–H and O–H groups in total. The summed E-state index contributed by atoms with van der Waals surface area (Å²) in [4.78, 5) is 28.1. The maximum absolute atomic E-state index is 13.3. The molecule has 4 rings (SSSR count). The fourth-order valence-corrected chi connectivity index (χ4v) is 4.49. The monoisotopic (exact) mass is 491 g/mol. The summed E-state index contributed by atoms with van der Waals surface area (Å²) in [6.45, 7) is 6.30. The van der Waals surface area contributed by atoms with Gasteiger partial charge >= 0.3 is 0 Å². The zero-order valence-electron chi connectivity index (χ0n) is 19.7. The van der Waals surface area contributed by atoms with Crippen molar-refractivity contribution in [2.45, 2.75) is 33.2 Å². The zero-order chi connectivity index (χ0) is 25.3. The second kappa shape index (κ2) is 9.84.